The van der Waals surface area contributed by atoms with Gasteiger partial charge in [-0.25, -0.2) is 0 Å². The highest BCUT2D eigenvalue weighted by Gasteiger charge is 2.16. The van der Waals surface area contributed by atoms with Crippen LogP contribution in [0.4, 0.5) is 0 Å². The molecule has 0 saturated heterocycles. The summed E-state index contributed by atoms with van der Waals surface area (Å²) < 4.78 is 5.55. The average Bonchev–Trinajstić information content (AvgIpc) is 2.62. The molecule has 3 heteroatoms. The summed E-state index contributed by atoms with van der Waals surface area (Å²) in [4.78, 5) is 2.32. The van der Waals surface area contributed by atoms with E-state index in [0.29, 0.717) is 18.5 Å². The first-order valence-corrected chi connectivity index (χ1v) is 6.00. The lowest BCUT2D eigenvalue weighted by atomic mass is 10.0. The van der Waals surface area contributed by atoms with Gasteiger partial charge in [-0.2, -0.15) is 0 Å². The molecule has 0 saturated carbocycles. The highest BCUT2D eigenvalue weighted by atomic mass is 16.3. The van der Waals surface area contributed by atoms with Gasteiger partial charge in [-0.1, -0.05) is 13.8 Å². The standard InChI is InChI=1S/C13H24N2O/c1-10(2)13(9-14)15(4)8-7-12-6-5-11(3)16-12/h5-6,10,13H,7-9,14H2,1-4H3. The predicted octanol–water partition coefficient (Wildman–Crippen LogP) is 2.05. The lowest BCUT2D eigenvalue weighted by Gasteiger charge is -2.29. The first-order valence-electron chi connectivity index (χ1n) is 6.00. The summed E-state index contributed by atoms with van der Waals surface area (Å²) in [5, 5.41) is 0. The fourth-order valence-electron chi connectivity index (χ4n) is 2.03. The topological polar surface area (TPSA) is 42.4 Å². The zero-order chi connectivity index (χ0) is 12.1. The van der Waals surface area contributed by atoms with E-state index >= 15 is 0 Å². The van der Waals surface area contributed by atoms with Crippen molar-refractivity contribution in [1.29, 1.82) is 0 Å². The maximum Gasteiger partial charge on any atom is 0.105 e. The lowest BCUT2D eigenvalue weighted by molar-refractivity contribution is 0.196. The van der Waals surface area contributed by atoms with Crippen LogP contribution >= 0.6 is 0 Å². The number of rotatable bonds is 6. The van der Waals surface area contributed by atoms with Gasteiger partial charge in [0.1, 0.15) is 11.5 Å². The Morgan fingerprint density at radius 1 is 1.38 bits per heavy atom. The molecule has 0 fully saturated rings. The van der Waals surface area contributed by atoms with Crippen LogP contribution in [0.25, 0.3) is 0 Å². The molecule has 3 nitrogen and oxygen atoms in total. The molecule has 16 heavy (non-hydrogen) atoms. The van der Waals surface area contributed by atoms with Gasteiger partial charge in [0.25, 0.3) is 0 Å². The molecule has 0 aliphatic heterocycles. The molecular formula is C13H24N2O. The van der Waals surface area contributed by atoms with Gasteiger partial charge in [0.05, 0.1) is 0 Å². The number of hydrogen-bond donors (Lipinski definition) is 1. The zero-order valence-electron chi connectivity index (χ0n) is 10.9. The molecule has 1 unspecified atom stereocenters. The molecule has 0 amide bonds. The molecule has 0 aliphatic carbocycles. The minimum atomic E-state index is 0.455. The van der Waals surface area contributed by atoms with Gasteiger partial charge in [-0.3, -0.25) is 0 Å². The third-order valence-electron chi connectivity index (χ3n) is 3.08. The van der Waals surface area contributed by atoms with Gasteiger partial charge in [-0.05, 0) is 32.0 Å². The van der Waals surface area contributed by atoms with Crippen LogP contribution < -0.4 is 5.73 Å². The molecule has 1 aromatic heterocycles. The Hall–Kier alpha value is -0.800. The first-order chi connectivity index (χ1) is 7.54. The van der Waals surface area contributed by atoms with Crippen LogP contribution in [-0.2, 0) is 6.42 Å². The Morgan fingerprint density at radius 3 is 2.50 bits per heavy atom. The van der Waals surface area contributed by atoms with E-state index in [2.05, 4.69) is 31.9 Å². The molecule has 1 aromatic rings. The smallest absolute Gasteiger partial charge is 0.105 e. The maximum absolute atomic E-state index is 5.78. The summed E-state index contributed by atoms with van der Waals surface area (Å²) >= 11 is 0. The highest BCUT2D eigenvalue weighted by Crippen LogP contribution is 2.11. The Kier molecular flexibility index (Phi) is 5.03. The van der Waals surface area contributed by atoms with E-state index in [4.69, 9.17) is 10.2 Å². The second-order valence-corrected chi connectivity index (χ2v) is 4.79. The molecule has 0 spiro atoms. The van der Waals surface area contributed by atoms with Crippen molar-refractivity contribution in [3.63, 3.8) is 0 Å². The van der Waals surface area contributed by atoms with Crippen molar-refractivity contribution in [1.82, 2.24) is 4.90 Å². The second kappa shape index (κ2) is 6.06. The van der Waals surface area contributed by atoms with Crippen molar-refractivity contribution in [2.45, 2.75) is 33.2 Å². The van der Waals surface area contributed by atoms with E-state index in [1.165, 1.54) is 0 Å². The summed E-state index contributed by atoms with van der Waals surface area (Å²) in [5.41, 5.74) is 5.78. The Bertz CT molecular complexity index is 307. The lowest BCUT2D eigenvalue weighted by Crippen LogP contribution is -2.42. The summed E-state index contributed by atoms with van der Waals surface area (Å²) in [6, 6.07) is 4.52. The van der Waals surface area contributed by atoms with Crippen molar-refractivity contribution in [2.24, 2.45) is 11.7 Å². The molecule has 1 rings (SSSR count). The van der Waals surface area contributed by atoms with Gasteiger partial charge >= 0.3 is 0 Å². The minimum absolute atomic E-state index is 0.455. The number of nitrogens with two attached hydrogens (primary N) is 1. The van der Waals surface area contributed by atoms with Crippen molar-refractivity contribution >= 4 is 0 Å². The maximum atomic E-state index is 5.78. The fraction of sp³-hybridized carbons (Fsp3) is 0.692. The zero-order valence-corrected chi connectivity index (χ0v) is 10.9. The number of hydrogen-bond acceptors (Lipinski definition) is 3. The van der Waals surface area contributed by atoms with E-state index < -0.39 is 0 Å². The van der Waals surface area contributed by atoms with Gasteiger partial charge in [0.15, 0.2) is 0 Å². The van der Waals surface area contributed by atoms with Crippen molar-refractivity contribution in [2.75, 3.05) is 20.1 Å². The Labute approximate surface area is 98.6 Å². The van der Waals surface area contributed by atoms with Gasteiger partial charge < -0.3 is 15.1 Å². The van der Waals surface area contributed by atoms with E-state index in [-0.39, 0.29) is 0 Å². The van der Waals surface area contributed by atoms with Crippen LogP contribution in [0.15, 0.2) is 16.5 Å². The molecule has 92 valence electrons. The van der Waals surface area contributed by atoms with Crippen molar-refractivity contribution < 1.29 is 4.42 Å². The van der Waals surface area contributed by atoms with Crippen LogP contribution in [0.3, 0.4) is 0 Å². The first kappa shape index (κ1) is 13.3. The highest BCUT2D eigenvalue weighted by molar-refractivity contribution is 5.05. The molecule has 0 radical (unpaired) electrons. The molecule has 1 atom stereocenters. The second-order valence-electron chi connectivity index (χ2n) is 4.79. The monoisotopic (exact) mass is 224 g/mol. The third kappa shape index (κ3) is 3.65. The normalized spacial score (nSPS) is 13.7. The largest absolute Gasteiger partial charge is 0.466 e. The molecule has 0 aromatic carbocycles. The van der Waals surface area contributed by atoms with Crippen molar-refractivity contribution in [3.8, 4) is 0 Å². The fourth-order valence-corrected chi connectivity index (χ4v) is 2.03. The molecule has 1 heterocycles. The van der Waals surface area contributed by atoms with E-state index in [9.17, 15) is 0 Å². The van der Waals surface area contributed by atoms with Crippen LogP contribution in [0.5, 0.6) is 0 Å². The summed E-state index contributed by atoms with van der Waals surface area (Å²) in [6.45, 7) is 8.11. The van der Waals surface area contributed by atoms with Crippen LogP contribution in [0, 0.1) is 12.8 Å². The SMILES string of the molecule is Cc1ccc(CCN(C)C(CN)C(C)C)o1. The van der Waals surface area contributed by atoms with Crippen molar-refractivity contribution in [3.05, 3.63) is 23.7 Å². The quantitative estimate of drug-likeness (QED) is 0.804. The van der Waals surface area contributed by atoms with Crippen LogP contribution in [-0.4, -0.2) is 31.1 Å². The Balaban J connectivity index is 2.42. The van der Waals surface area contributed by atoms with Crippen LogP contribution in [0.1, 0.15) is 25.4 Å². The summed E-state index contributed by atoms with van der Waals surface area (Å²) in [7, 11) is 2.13. The number of aryl methyl sites for hydroxylation is 1. The third-order valence-corrected chi connectivity index (χ3v) is 3.08. The molecular weight excluding hydrogens is 200 g/mol. The van der Waals surface area contributed by atoms with Gasteiger partial charge in [0.2, 0.25) is 0 Å². The summed E-state index contributed by atoms with van der Waals surface area (Å²) in [5.74, 6) is 2.63. The van der Waals surface area contributed by atoms with Gasteiger partial charge in [-0.15, -0.1) is 0 Å². The minimum Gasteiger partial charge on any atom is -0.466 e. The average molecular weight is 224 g/mol. The molecule has 0 bridgehead atoms. The molecule has 2 N–H and O–H groups in total. The summed E-state index contributed by atoms with van der Waals surface area (Å²) in [6.07, 6.45) is 0.952. The number of furan rings is 1. The van der Waals surface area contributed by atoms with Crippen LogP contribution in [0.2, 0.25) is 0 Å². The van der Waals surface area contributed by atoms with E-state index in [1.807, 2.05) is 13.0 Å². The van der Waals surface area contributed by atoms with E-state index in [0.717, 1.165) is 24.5 Å². The van der Waals surface area contributed by atoms with Gasteiger partial charge in [0, 0.05) is 25.6 Å². The Morgan fingerprint density at radius 2 is 2.06 bits per heavy atom. The van der Waals surface area contributed by atoms with E-state index in [1.54, 1.807) is 0 Å². The predicted molar refractivity (Wildman–Crippen MR) is 67.5 cm³/mol. The number of nitrogens with zero attached hydrogens (tertiary/aromatic N) is 1. The molecule has 0 aliphatic rings. The number of likely N-dealkylation sites (N-methyl/N-ethyl adjacent to an activating group) is 1.